The molecular formula is C8H4N2O6. The number of rotatable bonds is 2. The fraction of sp³-hybridized carbons (Fsp3) is 0.125. The molecule has 0 aliphatic carbocycles. The molecule has 0 unspecified atom stereocenters. The van der Waals surface area contributed by atoms with E-state index in [1.54, 1.807) is 0 Å². The zero-order valence-corrected chi connectivity index (χ0v) is 7.71. The predicted molar refractivity (Wildman–Crippen MR) is 49.6 cm³/mol. The lowest BCUT2D eigenvalue weighted by Gasteiger charge is -1.99. The summed E-state index contributed by atoms with van der Waals surface area (Å²) in [5.74, 6) is -0.692. The number of ketones is 1. The van der Waals surface area contributed by atoms with Crippen molar-refractivity contribution in [1.82, 2.24) is 0 Å². The maximum absolute atomic E-state index is 11.2. The van der Waals surface area contributed by atoms with Gasteiger partial charge in [-0.2, -0.15) is 0 Å². The Morgan fingerprint density at radius 3 is 2.44 bits per heavy atom. The van der Waals surface area contributed by atoms with Crippen LogP contribution in [0.5, 0.6) is 5.75 Å². The highest BCUT2D eigenvalue weighted by molar-refractivity contribution is 6.04. The fourth-order valence-electron chi connectivity index (χ4n) is 1.41. The number of carbonyl (C=O) groups excluding carboxylic acids is 1. The molecule has 0 amide bonds. The molecule has 1 aliphatic heterocycles. The van der Waals surface area contributed by atoms with Gasteiger partial charge in [-0.15, -0.1) is 0 Å². The second kappa shape index (κ2) is 3.26. The van der Waals surface area contributed by atoms with Gasteiger partial charge in [0.05, 0.1) is 21.5 Å². The number of carbonyl (C=O) groups is 1. The van der Waals surface area contributed by atoms with E-state index >= 15 is 0 Å². The lowest BCUT2D eigenvalue weighted by molar-refractivity contribution is -0.394. The first-order valence-electron chi connectivity index (χ1n) is 4.13. The first-order chi connectivity index (χ1) is 7.50. The van der Waals surface area contributed by atoms with Gasteiger partial charge in [0.2, 0.25) is 11.5 Å². The van der Waals surface area contributed by atoms with Gasteiger partial charge in [-0.25, -0.2) is 0 Å². The molecule has 1 aliphatic rings. The van der Waals surface area contributed by atoms with Crippen molar-refractivity contribution >= 4 is 17.2 Å². The van der Waals surface area contributed by atoms with Crippen LogP contribution < -0.4 is 4.74 Å². The SMILES string of the molecule is O=C1COc2c1cc([N+](=O)[O-])cc2[N+](=O)[O-]. The average Bonchev–Trinajstić information content (AvgIpc) is 2.59. The van der Waals surface area contributed by atoms with Gasteiger partial charge < -0.3 is 4.74 Å². The summed E-state index contributed by atoms with van der Waals surface area (Å²) in [6.45, 7) is -0.322. The van der Waals surface area contributed by atoms with Crippen LogP contribution in [-0.2, 0) is 0 Å². The normalized spacial score (nSPS) is 13.1. The molecule has 0 bridgehead atoms. The van der Waals surface area contributed by atoms with E-state index in [0.717, 1.165) is 12.1 Å². The Morgan fingerprint density at radius 2 is 1.88 bits per heavy atom. The smallest absolute Gasteiger partial charge is 0.318 e. The first-order valence-corrected chi connectivity index (χ1v) is 4.13. The lowest BCUT2D eigenvalue weighted by Crippen LogP contribution is -1.99. The molecule has 0 fully saturated rings. The van der Waals surface area contributed by atoms with Crippen LogP contribution in [-0.4, -0.2) is 22.2 Å². The summed E-state index contributed by atoms with van der Waals surface area (Å²) in [5, 5.41) is 21.1. The minimum Gasteiger partial charge on any atom is -0.478 e. The van der Waals surface area contributed by atoms with E-state index in [4.69, 9.17) is 4.74 Å². The Kier molecular flexibility index (Phi) is 2.04. The topological polar surface area (TPSA) is 113 Å². The maximum Gasteiger partial charge on any atom is 0.318 e. The molecule has 16 heavy (non-hydrogen) atoms. The van der Waals surface area contributed by atoms with Crippen molar-refractivity contribution < 1.29 is 19.4 Å². The number of hydrogen-bond acceptors (Lipinski definition) is 6. The number of hydrogen-bond donors (Lipinski definition) is 0. The van der Waals surface area contributed by atoms with Crippen molar-refractivity contribution in [2.45, 2.75) is 0 Å². The second-order valence-electron chi connectivity index (χ2n) is 3.07. The highest BCUT2D eigenvalue weighted by Gasteiger charge is 2.33. The quantitative estimate of drug-likeness (QED) is 0.548. The molecule has 8 heteroatoms. The number of ether oxygens (including phenoxy) is 1. The molecule has 0 aromatic heterocycles. The number of Topliss-reactive ketones (excluding diaryl/α,β-unsaturated/α-hetero) is 1. The number of benzene rings is 1. The van der Waals surface area contributed by atoms with Gasteiger partial charge in [-0.3, -0.25) is 25.0 Å². The van der Waals surface area contributed by atoms with E-state index in [1.165, 1.54) is 0 Å². The summed E-state index contributed by atoms with van der Waals surface area (Å²) in [6, 6.07) is 1.76. The molecule has 1 heterocycles. The van der Waals surface area contributed by atoms with E-state index < -0.39 is 27.0 Å². The minimum absolute atomic E-state index is 0.110. The third kappa shape index (κ3) is 1.36. The van der Waals surface area contributed by atoms with Crippen molar-refractivity contribution in [3.05, 3.63) is 37.9 Å². The number of nitro groups is 2. The van der Waals surface area contributed by atoms with Crippen LogP contribution in [0.25, 0.3) is 0 Å². The van der Waals surface area contributed by atoms with Gasteiger partial charge in [-0.1, -0.05) is 0 Å². The summed E-state index contributed by atoms with van der Waals surface area (Å²) < 4.78 is 4.82. The van der Waals surface area contributed by atoms with Gasteiger partial charge in [0, 0.05) is 6.07 Å². The molecule has 2 rings (SSSR count). The minimum atomic E-state index is -0.815. The molecule has 1 aromatic carbocycles. The van der Waals surface area contributed by atoms with E-state index in [1.807, 2.05) is 0 Å². The van der Waals surface area contributed by atoms with Crippen LogP contribution in [0.15, 0.2) is 12.1 Å². The van der Waals surface area contributed by atoms with Gasteiger partial charge in [0.1, 0.15) is 0 Å². The van der Waals surface area contributed by atoms with Crippen molar-refractivity contribution in [2.75, 3.05) is 6.61 Å². The zero-order valence-electron chi connectivity index (χ0n) is 7.71. The Balaban J connectivity index is 2.70. The standard InChI is InChI=1S/C8H4N2O6/c11-7-3-16-8-5(7)1-4(9(12)13)2-6(8)10(14)15/h1-2H,3H2. The van der Waals surface area contributed by atoms with Crippen LogP contribution in [0.2, 0.25) is 0 Å². The average molecular weight is 224 g/mol. The van der Waals surface area contributed by atoms with Crippen molar-refractivity contribution in [3.8, 4) is 5.75 Å². The molecule has 0 saturated heterocycles. The second-order valence-corrected chi connectivity index (χ2v) is 3.07. The summed E-state index contributed by atoms with van der Waals surface area (Å²) in [5.41, 5.74) is -1.17. The molecular weight excluding hydrogens is 220 g/mol. The Hall–Kier alpha value is -2.51. The van der Waals surface area contributed by atoms with E-state index in [0.29, 0.717) is 0 Å². The zero-order chi connectivity index (χ0) is 11.9. The fourth-order valence-corrected chi connectivity index (χ4v) is 1.41. The molecule has 82 valence electrons. The van der Waals surface area contributed by atoms with Crippen LogP contribution in [0, 0.1) is 20.2 Å². The largest absolute Gasteiger partial charge is 0.478 e. The van der Waals surface area contributed by atoms with E-state index in [-0.39, 0.29) is 17.9 Å². The summed E-state index contributed by atoms with van der Waals surface area (Å²) in [7, 11) is 0. The third-order valence-electron chi connectivity index (χ3n) is 2.11. The van der Waals surface area contributed by atoms with E-state index in [2.05, 4.69) is 0 Å². The van der Waals surface area contributed by atoms with Crippen LogP contribution in [0.3, 0.4) is 0 Å². The predicted octanol–water partition coefficient (Wildman–Crippen LogP) is 1.08. The molecule has 8 nitrogen and oxygen atoms in total. The molecule has 0 saturated carbocycles. The Bertz CT molecular complexity index is 524. The summed E-state index contributed by atoms with van der Waals surface area (Å²) in [6.07, 6.45) is 0. The highest BCUT2D eigenvalue weighted by Crippen LogP contribution is 2.38. The Labute approximate surface area is 87.7 Å². The molecule has 0 N–H and O–H groups in total. The monoisotopic (exact) mass is 224 g/mol. The maximum atomic E-state index is 11.2. The Morgan fingerprint density at radius 1 is 1.19 bits per heavy atom. The van der Waals surface area contributed by atoms with E-state index in [9.17, 15) is 25.0 Å². The van der Waals surface area contributed by atoms with Crippen LogP contribution in [0.4, 0.5) is 11.4 Å². The number of non-ortho nitro benzene ring substituents is 1. The molecule has 1 aromatic rings. The molecule has 0 radical (unpaired) electrons. The number of fused-ring (bicyclic) bond motifs is 1. The van der Waals surface area contributed by atoms with Gasteiger partial charge in [-0.05, 0) is 0 Å². The first kappa shape index (κ1) is 10.0. The number of nitro benzene ring substituents is 2. The number of nitrogens with zero attached hydrogens (tertiary/aromatic N) is 2. The van der Waals surface area contributed by atoms with Crippen molar-refractivity contribution in [2.24, 2.45) is 0 Å². The summed E-state index contributed by atoms with van der Waals surface area (Å²) >= 11 is 0. The third-order valence-corrected chi connectivity index (χ3v) is 2.11. The molecule has 0 spiro atoms. The van der Waals surface area contributed by atoms with Crippen molar-refractivity contribution in [1.29, 1.82) is 0 Å². The van der Waals surface area contributed by atoms with Crippen molar-refractivity contribution in [3.63, 3.8) is 0 Å². The summed E-state index contributed by atoms with van der Waals surface area (Å²) in [4.78, 5) is 30.8. The van der Waals surface area contributed by atoms with Gasteiger partial charge in [0.15, 0.2) is 6.61 Å². The van der Waals surface area contributed by atoms with Gasteiger partial charge in [0.25, 0.3) is 5.69 Å². The highest BCUT2D eigenvalue weighted by atomic mass is 16.6. The van der Waals surface area contributed by atoms with Gasteiger partial charge >= 0.3 is 5.69 Å². The van der Waals surface area contributed by atoms with Crippen LogP contribution in [0.1, 0.15) is 10.4 Å². The van der Waals surface area contributed by atoms with Crippen LogP contribution >= 0.6 is 0 Å². The molecule has 0 atom stereocenters. The lowest BCUT2D eigenvalue weighted by atomic mass is 10.1.